The monoisotopic (exact) mass is 410 g/mol. The lowest BCUT2D eigenvalue weighted by molar-refractivity contribution is 0.0939. The highest BCUT2D eigenvalue weighted by Crippen LogP contribution is 2.26. The van der Waals surface area contributed by atoms with E-state index in [0.29, 0.717) is 12.4 Å². The van der Waals surface area contributed by atoms with Crippen molar-refractivity contribution < 1.29 is 17.9 Å². The van der Waals surface area contributed by atoms with Crippen LogP contribution < -0.4 is 15.2 Å². The van der Waals surface area contributed by atoms with Crippen LogP contribution in [0.2, 0.25) is 5.02 Å². The van der Waals surface area contributed by atoms with Gasteiger partial charge in [-0.25, -0.2) is 13.6 Å². The molecule has 27 heavy (non-hydrogen) atoms. The van der Waals surface area contributed by atoms with Gasteiger partial charge in [0.15, 0.2) is 0 Å². The van der Waals surface area contributed by atoms with Crippen molar-refractivity contribution in [2.45, 2.75) is 37.6 Å². The molecule has 6 nitrogen and oxygen atoms in total. The summed E-state index contributed by atoms with van der Waals surface area (Å²) in [4.78, 5) is 12.3. The SMILES string of the molecule is CCCCOc1ccccc1C(C)NC(=O)c1ccc(Cl)c(S(N)(=O)=O)c1. The molecule has 0 saturated heterocycles. The van der Waals surface area contributed by atoms with E-state index < -0.39 is 15.9 Å². The first kappa shape index (κ1) is 21.2. The Morgan fingerprint density at radius 1 is 1.26 bits per heavy atom. The maximum absolute atomic E-state index is 12.6. The van der Waals surface area contributed by atoms with E-state index in [-0.39, 0.29) is 21.5 Å². The predicted molar refractivity (Wildman–Crippen MR) is 106 cm³/mol. The van der Waals surface area contributed by atoms with E-state index in [9.17, 15) is 13.2 Å². The van der Waals surface area contributed by atoms with Gasteiger partial charge >= 0.3 is 0 Å². The van der Waals surface area contributed by atoms with Gasteiger partial charge in [0, 0.05) is 11.1 Å². The molecule has 1 unspecified atom stereocenters. The maximum atomic E-state index is 12.6. The fourth-order valence-corrected chi connectivity index (χ4v) is 3.59. The molecule has 0 aliphatic rings. The Morgan fingerprint density at radius 3 is 2.63 bits per heavy atom. The number of hydrogen-bond acceptors (Lipinski definition) is 4. The molecular formula is C19H23ClN2O4S. The van der Waals surface area contributed by atoms with Crippen LogP contribution in [0, 0.1) is 0 Å². The Bertz CT molecular complexity index is 916. The molecule has 0 aliphatic heterocycles. The Labute approximate surface area is 164 Å². The third kappa shape index (κ3) is 5.69. The molecule has 3 N–H and O–H groups in total. The van der Waals surface area contributed by atoms with Crippen molar-refractivity contribution in [1.29, 1.82) is 0 Å². The first-order valence-corrected chi connectivity index (χ1v) is 10.5. The van der Waals surface area contributed by atoms with Gasteiger partial charge in [0.2, 0.25) is 10.0 Å². The number of benzene rings is 2. The molecule has 2 rings (SSSR count). The second-order valence-electron chi connectivity index (χ2n) is 6.13. The van der Waals surface area contributed by atoms with E-state index in [1.54, 1.807) is 0 Å². The number of ether oxygens (including phenoxy) is 1. The van der Waals surface area contributed by atoms with E-state index in [1.807, 2.05) is 31.2 Å². The third-order valence-electron chi connectivity index (χ3n) is 3.99. The number of nitrogens with two attached hydrogens (primary N) is 1. The summed E-state index contributed by atoms with van der Waals surface area (Å²) in [6.45, 7) is 4.51. The summed E-state index contributed by atoms with van der Waals surface area (Å²) in [5.74, 6) is 0.271. The zero-order chi connectivity index (χ0) is 20.0. The average Bonchev–Trinajstić information content (AvgIpc) is 2.61. The van der Waals surface area contributed by atoms with E-state index in [4.69, 9.17) is 21.5 Å². The van der Waals surface area contributed by atoms with E-state index in [2.05, 4.69) is 12.2 Å². The van der Waals surface area contributed by atoms with Gasteiger partial charge < -0.3 is 10.1 Å². The van der Waals surface area contributed by atoms with Crippen molar-refractivity contribution in [1.82, 2.24) is 5.32 Å². The van der Waals surface area contributed by atoms with Crippen molar-refractivity contribution in [3.8, 4) is 5.75 Å². The standard InChI is InChI=1S/C19H23ClN2O4S/c1-3-4-11-26-17-8-6-5-7-15(17)13(2)22-19(23)14-9-10-16(20)18(12-14)27(21,24)25/h5-10,12-13H,3-4,11H2,1-2H3,(H,22,23)(H2,21,24,25). The van der Waals surface area contributed by atoms with E-state index in [1.165, 1.54) is 18.2 Å². The van der Waals surface area contributed by atoms with Crippen molar-refractivity contribution in [3.63, 3.8) is 0 Å². The normalized spacial score (nSPS) is 12.4. The summed E-state index contributed by atoms with van der Waals surface area (Å²) >= 11 is 5.86. The second-order valence-corrected chi connectivity index (χ2v) is 8.06. The van der Waals surface area contributed by atoms with Crippen LogP contribution in [0.5, 0.6) is 5.75 Å². The second kappa shape index (κ2) is 9.21. The van der Waals surface area contributed by atoms with Gasteiger partial charge in [0.1, 0.15) is 10.6 Å². The number of halogens is 1. The Morgan fingerprint density at radius 2 is 1.96 bits per heavy atom. The van der Waals surface area contributed by atoms with Gasteiger partial charge in [-0.1, -0.05) is 43.1 Å². The molecule has 0 saturated carbocycles. The maximum Gasteiger partial charge on any atom is 0.251 e. The van der Waals surface area contributed by atoms with Crippen LogP contribution in [0.25, 0.3) is 0 Å². The number of carbonyl (C=O) groups is 1. The van der Waals surface area contributed by atoms with E-state index in [0.717, 1.165) is 18.4 Å². The van der Waals surface area contributed by atoms with Crippen LogP contribution in [0.3, 0.4) is 0 Å². The van der Waals surface area contributed by atoms with Gasteiger partial charge in [-0.05, 0) is 37.6 Å². The summed E-state index contributed by atoms with van der Waals surface area (Å²) in [6, 6.07) is 11.1. The summed E-state index contributed by atoms with van der Waals surface area (Å²) in [6.07, 6.45) is 1.97. The lowest BCUT2D eigenvalue weighted by Crippen LogP contribution is -2.27. The van der Waals surface area contributed by atoms with Crippen LogP contribution in [-0.4, -0.2) is 20.9 Å². The largest absolute Gasteiger partial charge is 0.493 e. The highest BCUT2D eigenvalue weighted by molar-refractivity contribution is 7.89. The van der Waals surface area contributed by atoms with Crippen LogP contribution in [-0.2, 0) is 10.0 Å². The van der Waals surface area contributed by atoms with Crippen LogP contribution >= 0.6 is 11.6 Å². The lowest BCUT2D eigenvalue weighted by atomic mass is 10.1. The van der Waals surface area contributed by atoms with Gasteiger partial charge in [-0.2, -0.15) is 0 Å². The molecular weight excluding hydrogens is 388 g/mol. The number of rotatable bonds is 8. The molecule has 0 fully saturated rings. The highest BCUT2D eigenvalue weighted by atomic mass is 35.5. The molecule has 0 bridgehead atoms. The molecule has 1 amide bonds. The Hall–Kier alpha value is -2.09. The van der Waals surface area contributed by atoms with Gasteiger partial charge in [-0.15, -0.1) is 0 Å². The topological polar surface area (TPSA) is 98.5 Å². The van der Waals surface area contributed by atoms with Crippen LogP contribution in [0.15, 0.2) is 47.4 Å². The number of unbranched alkanes of at least 4 members (excludes halogenated alkanes) is 1. The van der Waals surface area contributed by atoms with Crippen molar-refractivity contribution >= 4 is 27.5 Å². The third-order valence-corrected chi connectivity index (χ3v) is 5.38. The molecule has 8 heteroatoms. The first-order valence-electron chi connectivity index (χ1n) is 8.59. The van der Waals surface area contributed by atoms with Crippen LogP contribution in [0.1, 0.15) is 48.7 Å². The molecule has 0 spiro atoms. The van der Waals surface area contributed by atoms with Crippen molar-refractivity contribution in [2.24, 2.45) is 5.14 Å². The molecule has 2 aromatic rings. The molecule has 0 aliphatic carbocycles. The first-order chi connectivity index (χ1) is 12.7. The molecule has 0 heterocycles. The quantitative estimate of drug-likeness (QED) is 0.648. The van der Waals surface area contributed by atoms with Gasteiger partial charge in [0.25, 0.3) is 5.91 Å². The number of para-hydroxylation sites is 1. The fourth-order valence-electron chi connectivity index (χ4n) is 2.52. The summed E-state index contributed by atoms with van der Waals surface area (Å²) in [7, 11) is -4.02. The predicted octanol–water partition coefficient (Wildman–Crippen LogP) is 3.66. The summed E-state index contributed by atoms with van der Waals surface area (Å²) < 4.78 is 29.0. The number of nitrogens with one attached hydrogen (secondary N) is 1. The van der Waals surface area contributed by atoms with E-state index >= 15 is 0 Å². The van der Waals surface area contributed by atoms with Gasteiger partial charge in [-0.3, -0.25) is 4.79 Å². The van der Waals surface area contributed by atoms with Crippen molar-refractivity contribution in [2.75, 3.05) is 6.61 Å². The number of primary sulfonamides is 1. The zero-order valence-corrected chi connectivity index (χ0v) is 16.8. The van der Waals surface area contributed by atoms with Crippen molar-refractivity contribution in [3.05, 3.63) is 58.6 Å². The number of carbonyl (C=O) groups excluding carboxylic acids is 1. The summed E-state index contributed by atoms with van der Waals surface area (Å²) in [5.41, 5.74) is 0.988. The number of amides is 1. The molecule has 2 aromatic carbocycles. The minimum atomic E-state index is -4.02. The highest BCUT2D eigenvalue weighted by Gasteiger charge is 2.19. The summed E-state index contributed by atoms with van der Waals surface area (Å²) in [5, 5.41) is 7.95. The molecule has 0 aromatic heterocycles. The lowest BCUT2D eigenvalue weighted by Gasteiger charge is -2.18. The Balaban J connectivity index is 2.19. The molecule has 146 valence electrons. The zero-order valence-electron chi connectivity index (χ0n) is 15.2. The minimum Gasteiger partial charge on any atom is -0.493 e. The number of hydrogen-bond donors (Lipinski definition) is 2. The smallest absolute Gasteiger partial charge is 0.251 e. The minimum absolute atomic E-state index is 0.0308. The molecule has 0 radical (unpaired) electrons. The fraction of sp³-hybridized carbons (Fsp3) is 0.316. The van der Waals surface area contributed by atoms with Gasteiger partial charge in [0.05, 0.1) is 17.7 Å². The average molecular weight is 411 g/mol. The number of sulfonamides is 1. The Kier molecular flexibility index (Phi) is 7.24. The van der Waals surface area contributed by atoms with Crippen LogP contribution in [0.4, 0.5) is 0 Å². The molecule has 1 atom stereocenters.